The quantitative estimate of drug-likeness (QED) is 0.860. The summed E-state index contributed by atoms with van der Waals surface area (Å²) in [5.74, 6) is 0. The van der Waals surface area contributed by atoms with Crippen molar-refractivity contribution in [2.45, 2.75) is 25.8 Å². The van der Waals surface area contributed by atoms with Crippen molar-refractivity contribution in [1.29, 1.82) is 0 Å². The van der Waals surface area contributed by atoms with Crippen molar-refractivity contribution in [1.82, 2.24) is 5.32 Å². The lowest BCUT2D eigenvalue weighted by Gasteiger charge is -2.17. The summed E-state index contributed by atoms with van der Waals surface area (Å²) in [6.07, 6.45) is 5.47. The molecule has 1 unspecified atom stereocenters. The second kappa shape index (κ2) is 6.62. The molecule has 1 aromatic carbocycles. The number of hydrogen-bond acceptors (Lipinski definition) is 2. The SMILES string of the molecule is CCNC(Cc1ccoc1)Cc1cccc(Cl)c1. The molecule has 0 radical (unpaired) electrons. The largest absolute Gasteiger partial charge is 0.472 e. The molecule has 3 heteroatoms. The molecule has 0 aliphatic heterocycles. The molecule has 0 aliphatic rings. The third-order valence-electron chi connectivity index (χ3n) is 2.93. The third-order valence-corrected chi connectivity index (χ3v) is 3.16. The van der Waals surface area contributed by atoms with Crippen LogP contribution in [0.3, 0.4) is 0 Å². The van der Waals surface area contributed by atoms with E-state index in [1.165, 1.54) is 11.1 Å². The molecule has 96 valence electrons. The van der Waals surface area contributed by atoms with Gasteiger partial charge in [0.05, 0.1) is 12.5 Å². The third kappa shape index (κ3) is 3.90. The van der Waals surface area contributed by atoms with Gasteiger partial charge < -0.3 is 9.73 Å². The molecular weight excluding hydrogens is 246 g/mol. The van der Waals surface area contributed by atoms with Crippen molar-refractivity contribution in [2.75, 3.05) is 6.54 Å². The molecule has 0 bridgehead atoms. The van der Waals surface area contributed by atoms with Gasteiger partial charge in [0.25, 0.3) is 0 Å². The fourth-order valence-electron chi connectivity index (χ4n) is 2.15. The lowest BCUT2D eigenvalue weighted by molar-refractivity contribution is 0.513. The van der Waals surface area contributed by atoms with Crippen LogP contribution in [0.15, 0.2) is 47.3 Å². The van der Waals surface area contributed by atoms with Crippen LogP contribution in [-0.2, 0) is 12.8 Å². The van der Waals surface area contributed by atoms with E-state index in [9.17, 15) is 0 Å². The molecule has 2 aromatic rings. The topological polar surface area (TPSA) is 25.2 Å². The number of nitrogens with one attached hydrogen (secondary N) is 1. The van der Waals surface area contributed by atoms with Gasteiger partial charge >= 0.3 is 0 Å². The van der Waals surface area contributed by atoms with Gasteiger partial charge in [-0.05, 0) is 48.7 Å². The van der Waals surface area contributed by atoms with Crippen molar-refractivity contribution in [3.63, 3.8) is 0 Å². The van der Waals surface area contributed by atoms with E-state index in [-0.39, 0.29) is 0 Å². The van der Waals surface area contributed by atoms with E-state index in [2.05, 4.69) is 18.3 Å². The summed E-state index contributed by atoms with van der Waals surface area (Å²) in [7, 11) is 0. The first-order valence-corrected chi connectivity index (χ1v) is 6.64. The highest BCUT2D eigenvalue weighted by atomic mass is 35.5. The normalized spacial score (nSPS) is 12.6. The maximum absolute atomic E-state index is 6.01. The first-order valence-electron chi connectivity index (χ1n) is 6.27. The maximum Gasteiger partial charge on any atom is 0.0935 e. The Morgan fingerprint density at radius 1 is 1.22 bits per heavy atom. The lowest BCUT2D eigenvalue weighted by atomic mass is 10.0. The van der Waals surface area contributed by atoms with Gasteiger partial charge in [-0.2, -0.15) is 0 Å². The zero-order valence-corrected chi connectivity index (χ0v) is 11.3. The molecule has 1 heterocycles. The summed E-state index contributed by atoms with van der Waals surface area (Å²) in [4.78, 5) is 0. The molecule has 0 spiro atoms. The second-order valence-electron chi connectivity index (χ2n) is 4.42. The van der Waals surface area contributed by atoms with Gasteiger partial charge in [-0.1, -0.05) is 30.7 Å². The van der Waals surface area contributed by atoms with E-state index in [1.807, 2.05) is 30.5 Å². The molecule has 1 atom stereocenters. The van der Waals surface area contributed by atoms with Crippen molar-refractivity contribution >= 4 is 11.6 Å². The zero-order valence-electron chi connectivity index (χ0n) is 10.5. The first kappa shape index (κ1) is 13.2. The highest BCUT2D eigenvalue weighted by molar-refractivity contribution is 6.30. The Kier molecular flexibility index (Phi) is 4.85. The monoisotopic (exact) mass is 263 g/mol. The number of furan rings is 1. The lowest BCUT2D eigenvalue weighted by Crippen LogP contribution is -2.32. The fourth-order valence-corrected chi connectivity index (χ4v) is 2.36. The van der Waals surface area contributed by atoms with Crippen LogP contribution in [0, 0.1) is 0 Å². The van der Waals surface area contributed by atoms with E-state index < -0.39 is 0 Å². The first-order chi connectivity index (χ1) is 8.78. The van der Waals surface area contributed by atoms with Crippen molar-refractivity contribution in [3.8, 4) is 0 Å². The van der Waals surface area contributed by atoms with Gasteiger partial charge in [-0.25, -0.2) is 0 Å². The maximum atomic E-state index is 6.01. The molecule has 2 rings (SSSR count). The van der Waals surface area contributed by atoms with Crippen LogP contribution < -0.4 is 5.32 Å². The summed E-state index contributed by atoms with van der Waals surface area (Å²) in [6, 6.07) is 10.5. The average molecular weight is 264 g/mol. The number of rotatable bonds is 6. The summed E-state index contributed by atoms with van der Waals surface area (Å²) in [6.45, 7) is 3.09. The number of benzene rings is 1. The van der Waals surface area contributed by atoms with Gasteiger partial charge in [0.1, 0.15) is 0 Å². The molecule has 0 aliphatic carbocycles. The molecule has 2 nitrogen and oxygen atoms in total. The van der Waals surface area contributed by atoms with E-state index in [1.54, 1.807) is 6.26 Å². The summed E-state index contributed by atoms with van der Waals surface area (Å²) < 4.78 is 5.11. The van der Waals surface area contributed by atoms with Gasteiger partial charge in [0.2, 0.25) is 0 Å². The highest BCUT2D eigenvalue weighted by Crippen LogP contribution is 2.14. The number of halogens is 1. The van der Waals surface area contributed by atoms with Gasteiger partial charge in [-0.15, -0.1) is 0 Å². The van der Waals surface area contributed by atoms with Gasteiger partial charge in [0, 0.05) is 11.1 Å². The minimum Gasteiger partial charge on any atom is -0.472 e. The molecule has 1 N–H and O–H groups in total. The smallest absolute Gasteiger partial charge is 0.0935 e. The van der Waals surface area contributed by atoms with E-state index in [4.69, 9.17) is 16.0 Å². The second-order valence-corrected chi connectivity index (χ2v) is 4.86. The zero-order chi connectivity index (χ0) is 12.8. The molecular formula is C15H18ClNO. The van der Waals surface area contributed by atoms with Crippen LogP contribution >= 0.6 is 11.6 Å². The number of hydrogen-bond donors (Lipinski definition) is 1. The van der Waals surface area contributed by atoms with Crippen LogP contribution in [-0.4, -0.2) is 12.6 Å². The Morgan fingerprint density at radius 3 is 2.72 bits per heavy atom. The molecule has 0 fully saturated rings. The van der Waals surface area contributed by atoms with E-state index >= 15 is 0 Å². The number of likely N-dealkylation sites (N-methyl/N-ethyl adjacent to an activating group) is 1. The minimum absolute atomic E-state index is 0.408. The standard InChI is InChI=1S/C15H18ClNO/c1-2-17-15(10-13-6-7-18-11-13)9-12-4-3-5-14(16)8-12/h3-8,11,15,17H,2,9-10H2,1H3. The Labute approximate surface area is 113 Å². The summed E-state index contributed by atoms with van der Waals surface area (Å²) in [5.41, 5.74) is 2.49. The Morgan fingerprint density at radius 2 is 2.06 bits per heavy atom. The minimum atomic E-state index is 0.408. The van der Waals surface area contributed by atoms with E-state index in [0.717, 1.165) is 24.4 Å². The van der Waals surface area contributed by atoms with Crippen LogP contribution in [0.25, 0.3) is 0 Å². The Hall–Kier alpha value is -1.25. The van der Waals surface area contributed by atoms with Crippen LogP contribution in [0.1, 0.15) is 18.1 Å². The molecule has 0 saturated heterocycles. The molecule has 0 amide bonds. The Bertz CT molecular complexity index is 467. The van der Waals surface area contributed by atoms with Gasteiger partial charge in [0.15, 0.2) is 0 Å². The fraction of sp³-hybridized carbons (Fsp3) is 0.333. The Balaban J connectivity index is 2.01. The van der Waals surface area contributed by atoms with Crippen molar-refractivity contribution in [2.24, 2.45) is 0 Å². The molecule has 0 saturated carbocycles. The van der Waals surface area contributed by atoms with E-state index in [0.29, 0.717) is 6.04 Å². The van der Waals surface area contributed by atoms with Crippen molar-refractivity contribution < 1.29 is 4.42 Å². The van der Waals surface area contributed by atoms with Crippen LogP contribution in [0.4, 0.5) is 0 Å². The van der Waals surface area contributed by atoms with Crippen LogP contribution in [0.5, 0.6) is 0 Å². The summed E-state index contributed by atoms with van der Waals surface area (Å²) >= 11 is 6.01. The van der Waals surface area contributed by atoms with Crippen molar-refractivity contribution in [3.05, 3.63) is 59.0 Å². The highest BCUT2D eigenvalue weighted by Gasteiger charge is 2.10. The molecule has 1 aromatic heterocycles. The van der Waals surface area contributed by atoms with Gasteiger partial charge in [-0.3, -0.25) is 0 Å². The average Bonchev–Trinajstić information content (AvgIpc) is 2.82. The predicted molar refractivity (Wildman–Crippen MR) is 75.0 cm³/mol. The molecule has 18 heavy (non-hydrogen) atoms. The predicted octanol–water partition coefficient (Wildman–Crippen LogP) is 3.70. The summed E-state index contributed by atoms with van der Waals surface area (Å²) in [5, 5.41) is 4.30. The van der Waals surface area contributed by atoms with Crippen LogP contribution in [0.2, 0.25) is 5.02 Å².